The highest BCUT2D eigenvalue weighted by atomic mass is 19.2. The smallest absolute Gasteiger partial charge is 0.251 e. The first-order valence-corrected chi connectivity index (χ1v) is 8.72. The minimum Gasteiger partial charge on any atom is -0.350 e. The van der Waals surface area contributed by atoms with Gasteiger partial charge in [0.1, 0.15) is 5.82 Å². The van der Waals surface area contributed by atoms with Gasteiger partial charge in [0.15, 0.2) is 11.6 Å². The number of hydrogen-bond donors (Lipinski definition) is 1. The van der Waals surface area contributed by atoms with Crippen LogP contribution in [0.15, 0.2) is 67.0 Å². The maximum Gasteiger partial charge on any atom is 0.251 e. The Balaban J connectivity index is 1.56. The third-order valence-electron chi connectivity index (χ3n) is 4.40. The molecule has 4 aromatic rings. The second-order valence-electron chi connectivity index (χ2n) is 6.20. The van der Waals surface area contributed by atoms with Gasteiger partial charge < -0.3 is 9.88 Å². The van der Waals surface area contributed by atoms with E-state index in [0.29, 0.717) is 13.1 Å². The molecule has 5 nitrogen and oxygen atoms in total. The van der Waals surface area contributed by atoms with Gasteiger partial charge in [-0.1, -0.05) is 12.1 Å². The van der Waals surface area contributed by atoms with Crippen LogP contribution in [0.25, 0.3) is 22.4 Å². The van der Waals surface area contributed by atoms with Crippen LogP contribution in [0.5, 0.6) is 0 Å². The number of aromatic nitrogens is 3. The third kappa shape index (κ3) is 3.46. The standard InChI is InChI=1S/C21H16F2N4O/c22-16-6-5-15(13-17(16)23)21(28)25-11-12-27-19-4-2-1-3-18(19)26-20(27)14-7-9-24-10-8-14/h1-10,13H,11-12H2,(H,25,28). The summed E-state index contributed by atoms with van der Waals surface area (Å²) in [5, 5.41) is 2.74. The summed E-state index contributed by atoms with van der Waals surface area (Å²) < 4.78 is 28.4. The SMILES string of the molecule is O=C(NCCn1c(-c2ccncc2)nc2ccccc21)c1ccc(F)c(F)c1. The zero-order valence-electron chi connectivity index (χ0n) is 14.8. The molecule has 2 heterocycles. The highest BCUT2D eigenvalue weighted by Crippen LogP contribution is 2.24. The molecule has 0 bridgehead atoms. The van der Waals surface area contributed by atoms with Crippen molar-refractivity contribution in [3.8, 4) is 11.4 Å². The second-order valence-corrected chi connectivity index (χ2v) is 6.20. The lowest BCUT2D eigenvalue weighted by Gasteiger charge is -2.11. The number of carbonyl (C=O) groups is 1. The number of halogens is 2. The van der Waals surface area contributed by atoms with E-state index < -0.39 is 17.5 Å². The Morgan fingerprint density at radius 1 is 1.00 bits per heavy atom. The first-order chi connectivity index (χ1) is 13.6. The molecular formula is C21H16F2N4O. The Hall–Kier alpha value is -3.61. The summed E-state index contributed by atoms with van der Waals surface area (Å²) in [5.41, 5.74) is 2.78. The van der Waals surface area contributed by atoms with Crippen molar-refractivity contribution < 1.29 is 13.6 Å². The summed E-state index contributed by atoms with van der Waals surface area (Å²) in [4.78, 5) is 20.9. The summed E-state index contributed by atoms with van der Waals surface area (Å²) >= 11 is 0. The van der Waals surface area contributed by atoms with Gasteiger partial charge in [-0.3, -0.25) is 9.78 Å². The Labute approximate surface area is 159 Å². The third-order valence-corrected chi connectivity index (χ3v) is 4.40. The molecule has 0 radical (unpaired) electrons. The molecule has 0 aliphatic heterocycles. The number of nitrogens with zero attached hydrogens (tertiary/aromatic N) is 3. The van der Waals surface area contributed by atoms with Crippen LogP contribution >= 0.6 is 0 Å². The number of nitrogens with one attached hydrogen (secondary N) is 1. The van der Waals surface area contributed by atoms with Gasteiger partial charge in [0, 0.05) is 36.6 Å². The van der Waals surface area contributed by atoms with Crippen molar-refractivity contribution >= 4 is 16.9 Å². The van der Waals surface area contributed by atoms with Crippen LogP contribution in [-0.4, -0.2) is 27.0 Å². The van der Waals surface area contributed by atoms with Crippen LogP contribution in [0, 0.1) is 11.6 Å². The summed E-state index contributed by atoms with van der Waals surface area (Å²) in [5.74, 6) is -1.73. The maximum atomic E-state index is 13.3. The van der Waals surface area contributed by atoms with Crippen molar-refractivity contribution in [3.05, 3.63) is 84.2 Å². The first kappa shape index (κ1) is 17.8. The van der Waals surface area contributed by atoms with E-state index in [1.807, 2.05) is 41.0 Å². The molecular weight excluding hydrogens is 362 g/mol. The predicted molar refractivity (Wildman–Crippen MR) is 102 cm³/mol. The molecule has 2 aromatic heterocycles. The average molecular weight is 378 g/mol. The predicted octanol–water partition coefficient (Wildman–Crippen LogP) is 3.81. The largest absolute Gasteiger partial charge is 0.350 e. The lowest BCUT2D eigenvalue weighted by Crippen LogP contribution is -2.27. The fourth-order valence-electron chi connectivity index (χ4n) is 3.04. The number of hydrogen-bond acceptors (Lipinski definition) is 3. The zero-order valence-corrected chi connectivity index (χ0v) is 14.8. The van der Waals surface area contributed by atoms with Gasteiger partial charge in [-0.05, 0) is 42.5 Å². The van der Waals surface area contributed by atoms with Crippen LogP contribution in [0.4, 0.5) is 8.78 Å². The van der Waals surface area contributed by atoms with Gasteiger partial charge in [0.2, 0.25) is 0 Å². The number of rotatable bonds is 5. The summed E-state index contributed by atoms with van der Waals surface area (Å²) in [6.07, 6.45) is 3.40. The molecule has 140 valence electrons. The molecule has 0 spiro atoms. The Morgan fingerprint density at radius 2 is 1.79 bits per heavy atom. The second kappa shape index (κ2) is 7.56. The lowest BCUT2D eigenvalue weighted by molar-refractivity contribution is 0.0952. The Morgan fingerprint density at radius 3 is 2.57 bits per heavy atom. The zero-order chi connectivity index (χ0) is 19.5. The minimum absolute atomic E-state index is 0.0729. The van der Waals surface area contributed by atoms with Gasteiger partial charge in [0.25, 0.3) is 5.91 Å². The minimum atomic E-state index is -1.05. The van der Waals surface area contributed by atoms with E-state index in [0.717, 1.165) is 34.6 Å². The lowest BCUT2D eigenvalue weighted by atomic mass is 10.2. The van der Waals surface area contributed by atoms with E-state index in [9.17, 15) is 13.6 Å². The van der Waals surface area contributed by atoms with Gasteiger partial charge in [-0.25, -0.2) is 13.8 Å². The van der Waals surface area contributed by atoms with Gasteiger partial charge in [-0.15, -0.1) is 0 Å². The molecule has 7 heteroatoms. The maximum absolute atomic E-state index is 13.3. The fraction of sp³-hybridized carbons (Fsp3) is 0.0952. The van der Waals surface area contributed by atoms with E-state index in [1.165, 1.54) is 6.07 Å². The highest BCUT2D eigenvalue weighted by Gasteiger charge is 2.13. The van der Waals surface area contributed by atoms with Crippen LogP contribution < -0.4 is 5.32 Å². The van der Waals surface area contributed by atoms with Crippen LogP contribution in [0.2, 0.25) is 0 Å². The first-order valence-electron chi connectivity index (χ1n) is 8.72. The molecule has 0 saturated heterocycles. The molecule has 28 heavy (non-hydrogen) atoms. The number of fused-ring (bicyclic) bond motifs is 1. The molecule has 2 aromatic carbocycles. The quantitative estimate of drug-likeness (QED) is 0.575. The van der Waals surface area contributed by atoms with Crippen molar-refractivity contribution in [1.29, 1.82) is 0 Å². The van der Waals surface area contributed by atoms with Crippen molar-refractivity contribution in [1.82, 2.24) is 19.9 Å². The normalized spacial score (nSPS) is 10.9. The molecule has 0 aliphatic rings. The number of benzene rings is 2. The Kier molecular flexibility index (Phi) is 4.80. The van der Waals surface area contributed by atoms with Crippen molar-refractivity contribution in [2.75, 3.05) is 6.54 Å². The highest BCUT2D eigenvalue weighted by molar-refractivity contribution is 5.94. The van der Waals surface area contributed by atoms with Crippen molar-refractivity contribution in [2.24, 2.45) is 0 Å². The monoisotopic (exact) mass is 378 g/mol. The fourth-order valence-corrected chi connectivity index (χ4v) is 3.04. The van der Waals surface area contributed by atoms with E-state index in [1.54, 1.807) is 12.4 Å². The molecule has 1 amide bonds. The van der Waals surface area contributed by atoms with Crippen LogP contribution in [0.1, 0.15) is 10.4 Å². The van der Waals surface area contributed by atoms with Crippen LogP contribution in [0.3, 0.4) is 0 Å². The summed E-state index contributed by atoms with van der Waals surface area (Å²) in [6.45, 7) is 0.768. The van der Waals surface area contributed by atoms with E-state index >= 15 is 0 Å². The summed E-state index contributed by atoms with van der Waals surface area (Å²) in [7, 11) is 0. The molecule has 0 unspecified atom stereocenters. The van der Waals surface area contributed by atoms with Crippen molar-refractivity contribution in [2.45, 2.75) is 6.54 Å². The number of para-hydroxylation sites is 2. The van der Waals surface area contributed by atoms with E-state index in [2.05, 4.69) is 10.3 Å². The van der Waals surface area contributed by atoms with Gasteiger partial charge in [-0.2, -0.15) is 0 Å². The molecule has 1 N–H and O–H groups in total. The molecule has 0 aliphatic carbocycles. The van der Waals surface area contributed by atoms with Gasteiger partial charge in [0.05, 0.1) is 11.0 Å². The van der Waals surface area contributed by atoms with Crippen molar-refractivity contribution in [3.63, 3.8) is 0 Å². The van der Waals surface area contributed by atoms with Gasteiger partial charge >= 0.3 is 0 Å². The molecule has 0 fully saturated rings. The number of carbonyl (C=O) groups excluding carboxylic acids is 1. The van der Waals surface area contributed by atoms with Crippen LogP contribution in [-0.2, 0) is 6.54 Å². The summed E-state index contributed by atoms with van der Waals surface area (Å²) in [6, 6.07) is 14.6. The number of imidazole rings is 1. The number of amides is 1. The van der Waals surface area contributed by atoms with E-state index in [-0.39, 0.29) is 5.56 Å². The Bertz CT molecular complexity index is 1140. The topological polar surface area (TPSA) is 59.8 Å². The molecule has 4 rings (SSSR count). The van der Waals surface area contributed by atoms with E-state index in [4.69, 9.17) is 4.98 Å². The molecule has 0 saturated carbocycles. The molecule has 0 atom stereocenters. The average Bonchev–Trinajstić information content (AvgIpc) is 3.09. The number of pyridine rings is 1.